The highest BCUT2D eigenvalue weighted by molar-refractivity contribution is 7.91. The largest absolute Gasteiger partial charge is 0.457 e. The first kappa shape index (κ1) is 23.0. The van der Waals surface area contributed by atoms with Gasteiger partial charge in [0.25, 0.3) is 0 Å². The Balaban J connectivity index is 0.000000166. The van der Waals surface area contributed by atoms with E-state index in [1.807, 2.05) is 60.7 Å². The molecule has 5 rings (SSSR count). The lowest BCUT2D eigenvalue weighted by Gasteiger charge is -2.06. The van der Waals surface area contributed by atoms with E-state index in [0.29, 0.717) is 9.79 Å². The third-order valence-corrected chi connectivity index (χ3v) is 6.83. The molecule has 0 saturated carbocycles. The van der Waals surface area contributed by atoms with Gasteiger partial charge in [0, 0.05) is 0 Å². The van der Waals surface area contributed by atoms with Crippen LogP contribution in [0.3, 0.4) is 0 Å². The molecule has 0 amide bonds. The molecule has 0 aliphatic heterocycles. The summed E-state index contributed by atoms with van der Waals surface area (Å²) in [5.41, 5.74) is 2.41. The molecule has 0 spiro atoms. The first-order valence-corrected chi connectivity index (χ1v) is 12.3. The average Bonchev–Trinajstić information content (AvgIpc) is 2.92. The zero-order valence-electron chi connectivity index (χ0n) is 18.5. The molecule has 0 aliphatic rings. The number of hydrogen-bond donors (Lipinski definition) is 0. The molecule has 0 unspecified atom stereocenters. The molecule has 0 N–H and O–H groups in total. The fraction of sp³-hybridized carbons (Fsp3) is 0. The minimum atomic E-state index is -3.34. The second-order valence-corrected chi connectivity index (χ2v) is 9.38. The van der Waals surface area contributed by atoms with Crippen LogP contribution in [0.2, 0.25) is 0 Å². The van der Waals surface area contributed by atoms with Crippen molar-refractivity contribution in [2.75, 3.05) is 0 Å². The van der Waals surface area contributed by atoms with Crippen molar-refractivity contribution in [2.24, 2.45) is 0 Å². The summed E-state index contributed by atoms with van der Waals surface area (Å²) >= 11 is 0. The zero-order chi connectivity index (χ0) is 23.6. The SMILES string of the molecule is O=S(=O)(c1ccccc1)c1ccccc1.c1ccc(Oc2ccc(-c3ccccc3)cc2)cc1. The second kappa shape index (κ2) is 11.1. The van der Waals surface area contributed by atoms with Crippen LogP contribution in [0.15, 0.2) is 155 Å². The number of hydrogen-bond acceptors (Lipinski definition) is 3. The third kappa shape index (κ3) is 6.00. The summed E-state index contributed by atoms with van der Waals surface area (Å²) in [5, 5.41) is 0. The molecule has 0 radical (unpaired) electrons. The lowest BCUT2D eigenvalue weighted by atomic mass is 10.1. The smallest absolute Gasteiger partial charge is 0.206 e. The van der Waals surface area contributed by atoms with Crippen molar-refractivity contribution >= 4 is 9.84 Å². The van der Waals surface area contributed by atoms with Crippen LogP contribution in [0.25, 0.3) is 11.1 Å². The average molecular weight is 465 g/mol. The molecular formula is C30H24O3S. The van der Waals surface area contributed by atoms with Crippen LogP contribution in [0.1, 0.15) is 0 Å². The summed E-state index contributed by atoms with van der Waals surface area (Å²) in [5.74, 6) is 1.71. The van der Waals surface area contributed by atoms with Gasteiger partial charge in [-0.15, -0.1) is 0 Å². The fourth-order valence-electron chi connectivity index (χ4n) is 3.31. The molecule has 0 bridgehead atoms. The molecule has 0 fully saturated rings. The first-order chi connectivity index (χ1) is 16.6. The summed E-state index contributed by atoms with van der Waals surface area (Å²) in [4.78, 5) is 0.660. The van der Waals surface area contributed by atoms with Gasteiger partial charge in [0.2, 0.25) is 9.84 Å². The van der Waals surface area contributed by atoms with E-state index in [-0.39, 0.29) is 0 Å². The molecule has 5 aromatic rings. The molecule has 3 nitrogen and oxygen atoms in total. The Labute approximate surface area is 200 Å². The molecule has 5 aromatic carbocycles. The quantitative estimate of drug-likeness (QED) is 0.268. The van der Waals surface area contributed by atoms with Crippen LogP contribution in [0.5, 0.6) is 11.5 Å². The van der Waals surface area contributed by atoms with Crippen LogP contribution >= 0.6 is 0 Å². The third-order valence-electron chi connectivity index (χ3n) is 5.05. The minimum absolute atomic E-state index is 0.330. The van der Waals surface area contributed by atoms with Crippen molar-refractivity contribution in [1.82, 2.24) is 0 Å². The number of sulfone groups is 1. The Morgan fingerprint density at radius 3 is 1.21 bits per heavy atom. The maximum absolute atomic E-state index is 12.0. The molecule has 0 atom stereocenters. The molecule has 0 aromatic heterocycles. The van der Waals surface area contributed by atoms with Gasteiger partial charge in [0.15, 0.2) is 0 Å². The van der Waals surface area contributed by atoms with Crippen molar-refractivity contribution in [3.05, 3.63) is 146 Å². The molecular weight excluding hydrogens is 440 g/mol. The van der Waals surface area contributed by atoms with E-state index in [4.69, 9.17) is 4.74 Å². The fourth-order valence-corrected chi connectivity index (χ4v) is 4.61. The normalized spacial score (nSPS) is 10.6. The van der Waals surface area contributed by atoms with Crippen LogP contribution < -0.4 is 4.74 Å². The predicted octanol–water partition coefficient (Wildman–Crippen LogP) is 7.67. The Hall–Kier alpha value is -4.15. The summed E-state index contributed by atoms with van der Waals surface area (Å²) in [6.45, 7) is 0. The summed E-state index contributed by atoms with van der Waals surface area (Å²) in [7, 11) is -3.34. The van der Waals surface area contributed by atoms with Gasteiger partial charge in [-0.1, -0.05) is 97.1 Å². The topological polar surface area (TPSA) is 43.4 Å². The van der Waals surface area contributed by atoms with E-state index in [2.05, 4.69) is 24.3 Å². The van der Waals surface area contributed by atoms with Crippen molar-refractivity contribution in [1.29, 1.82) is 0 Å². The highest BCUT2D eigenvalue weighted by atomic mass is 32.2. The lowest BCUT2D eigenvalue weighted by Crippen LogP contribution is -2.00. The molecule has 4 heteroatoms. The van der Waals surface area contributed by atoms with Gasteiger partial charge >= 0.3 is 0 Å². The standard InChI is InChI=1S/C18H14O.C12H10O2S/c1-3-7-15(8-4-1)16-11-13-18(14-12-16)19-17-9-5-2-6-10-17;13-15(14,11-7-3-1-4-8-11)12-9-5-2-6-10-12/h1-14H;1-10H. The van der Waals surface area contributed by atoms with E-state index in [0.717, 1.165) is 11.5 Å². The maximum Gasteiger partial charge on any atom is 0.206 e. The van der Waals surface area contributed by atoms with E-state index in [1.165, 1.54) is 11.1 Å². The number of benzene rings is 5. The predicted molar refractivity (Wildman–Crippen MR) is 137 cm³/mol. The summed E-state index contributed by atoms with van der Waals surface area (Å²) in [6.07, 6.45) is 0. The second-order valence-electron chi connectivity index (χ2n) is 7.44. The van der Waals surface area contributed by atoms with E-state index < -0.39 is 9.84 Å². The van der Waals surface area contributed by atoms with Crippen molar-refractivity contribution in [2.45, 2.75) is 9.79 Å². The van der Waals surface area contributed by atoms with Gasteiger partial charge in [0.1, 0.15) is 11.5 Å². The Morgan fingerprint density at radius 2 is 0.735 bits per heavy atom. The van der Waals surface area contributed by atoms with Crippen molar-refractivity contribution < 1.29 is 13.2 Å². The zero-order valence-corrected chi connectivity index (χ0v) is 19.3. The van der Waals surface area contributed by atoms with Gasteiger partial charge in [-0.3, -0.25) is 0 Å². The van der Waals surface area contributed by atoms with Gasteiger partial charge in [-0.2, -0.15) is 0 Å². The van der Waals surface area contributed by atoms with Gasteiger partial charge in [-0.05, 0) is 59.7 Å². The van der Waals surface area contributed by atoms with Crippen molar-refractivity contribution in [3.63, 3.8) is 0 Å². The minimum Gasteiger partial charge on any atom is -0.457 e. The Kier molecular flexibility index (Phi) is 7.53. The summed E-state index contributed by atoms with van der Waals surface area (Å²) in [6, 6.07) is 45.1. The molecule has 0 aliphatic carbocycles. The molecule has 168 valence electrons. The van der Waals surface area contributed by atoms with Crippen molar-refractivity contribution in [3.8, 4) is 22.6 Å². The number of ether oxygens (including phenoxy) is 1. The first-order valence-electron chi connectivity index (χ1n) is 10.9. The van der Waals surface area contributed by atoms with E-state index >= 15 is 0 Å². The highest BCUT2D eigenvalue weighted by Crippen LogP contribution is 2.25. The monoisotopic (exact) mass is 464 g/mol. The molecule has 0 saturated heterocycles. The highest BCUT2D eigenvalue weighted by Gasteiger charge is 2.15. The maximum atomic E-state index is 12.0. The Morgan fingerprint density at radius 1 is 0.382 bits per heavy atom. The summed E-state index contributed by atoms with van der Waals surface area (Å²) < 4.78 is 29.8. The van der Waals surface area contributed by atoms with E-state index in [1.54, 1.807) is 60.7 Å². The molecule has 34 heavy (non-hydrogen) atoms. The van der Waals surface area contributed by atoms with Crippen LogP contribution in [0.4, 0.5) is 0 Å². The van der Waals surface area contributed by atoms with E-state index in [9.17, 15) is 8.42 Å². The van der Waals surface area contributed by atoms with Gasteiger partial charge in [0.05, 0.1) is 9.79 Å². The van der Waals surface area contributed by atoms with Crippen LogP contribution in [-0.2, 0) is 9.84 Å². The lowest BCUT2D eigenvalue weighted by molar-refractivity contribution is 0.483. The Bertz CT molecular complexity index is 1340. The van der Waals surface area contributed by atoms with Crippen LogP contribution in [-0.4, -0.2) is 8.42 Å². The number of rotatable bonds is 5. The molecule has 0 heterocycles. The van der Waals surface area contributed by atoms with Gasteiger partial charge < -0.3 is 4.74 Å². The van der Waals surface area contributed by atoms with Gasteiger partial charge in [-0.25, -0.2) is 8.42 Å². The van der Waals surface area contributed by atoms with Crippen LogP contribution in [0, 0.1) is 0 Å². The number of para-hydroxylation sites is 1.